The summed E-state index contributed by atoms with van der Waals surface area (Å²) < 4.78 is 47.4. The Balaban J connectivity index is 2.84. The molecule has 0 aliphatic heterocycles. The molecule has 0 radical (unpaired) electrons. The van der Waals surface area contributed by atoms with Crippen molar-refractivity contribution in [2.75, 3.05) is 7.11 Å². The van der Waals surface area contributed by atoms with E-state index in [1.807, 2.05) is 0 Å². The summed E-state index contributed by atoms with van der Waals surface area (Å²) in [7, 11) is 0.812. The molecule has 0 saturated carbocycles. The Bertz CT molecular complexity index is 497. The molecule has 1 atom stereocenters. The molecule has 0 bridgehead atoms. The summed E-state index contributed by atoms with van der Waals surface area (Å²) in [6.45, 7) is 3.93. The number of hydrogen-bond donors (Lipinski definition) is 0. The predicted molar refractivity (Wildman–Crippen MR) is 67.8 cm³/mol. The second-order valence-corrected chi connectivity index (χ2v) is 4.21. The van der Waals surface area contributed by atoms with E-state index < -0.39 is 17.7 Å². The number of carbonyl (C=O) groups is 1. The third-order valence-corrected chi connectivity index (χ3v) is 2.97. The van der Waals surface area contributed by atoms with Crippen LogP contribution in [0.5, 0.6) is 0 Å². The van der Waals surface area contributed by atoms with E-state index in [4.69, 9.17) is 4.74 Å². The van der Waals surface area contributed by atoms with Crippen molar-refractivity contribution < 1.29 is 27.4 Å². The molecule has 0 fully saturated rings. The van der Waals surface area contributed by atoms with E-state index in [9.17, 15) is 18.0 Å². The second kappa shape index (κ2) is 6.09. The summed E-state index contributed by atoms with van der Waals surface area (Å²) in [5, 5.41) is 0. The number of methoxy groups -OCH3 is 1. The molecule has 1 unspecified atom stereocenters. The molecule has 0 saturated heterocycles. The van der Waals surface area contributed by atoms with Gasteiger partial charge in [0, 0.05) is 7.11 Å². The van der Waals surface area contributed by atoms with Crippen LogP contribution in [-0.2, 0) is 20.9 Å². The molecule has 3 nitrogen and oxygen atoms in total. The Hall–Kier alpha value is -1.82. The molecule has 1 rings (SSSR count). The highest BCUT2D eigenvalue weighted by atomic mass is 19.4. The fourth-order valence-corrected chi connectivity index (χ4v) is 1.46. The molecule has 20 heavy (non-hydrogen) atoms. The lowest BCUT2D eigenvalue weighted by Crippen LogP contribution is -2.51. The van der Waals surface area contributed by atoms with Crippen LogP contribution in [0.1, 0.15) is 18.1 Å². The van der Waals surface area contributed by atoms with Crippen LogP contribution in [0.2, 0.25) is 0 Å². The number of hydrogen-bond acceptors (Lipinski definition) is 3. The quantitative estimate of drug-likeness (QED) is 0.780. The van der Waals surface area contributed by atoms with Crippen molar-refractivity contribution in [3.05, 3.63) is 42.0 Å². The predicted octanol–water partition coefficient (Wildman–Crippen LogP) is 3.34. The summed E-state index contributed by atoms with van der Waals surface area (Å²) >= 11 is 0. The molecule has 6 heteroatoms. The molecule has 0 heterocycles. The van der Waals surface area contributed by atoms with E-state index >= 15 is 0 Å². The molecule has 0 aliphatic rings. The van der Waals surface area contributed by atoms with Gasteiger partial charge in [0.15, 0.2) is 0 Å². The van der Waals surface area contributed by atoms with Crippen LogP contribution < -0.4 is 0 Å². The summed E-state index contributed by atoms with van der Waals surface area (Å²) in [6.07, 6.45) is -3.32. The maximum atomic E-state index is 12.8. The fourth-order valence-electron chi connectivity index (χ4n) is 1.46. The van der Waals surface area contributed by atoms with Crippen LogP contribution in [-0.4, -0.2) is 24.9 Å². The Kier molecular flexibility index (Phi) is 4.94. The molecule has 0 spiro atoms. The van der Waals surface area contributed by atoms with Gasteiger partial charge in [0.05, 0.1) is 0 Å². The largest absolute Gasteiger partial charge is 0.458 e. The lowest BCUT2D eigenvalue weighted by molar-refractivity contribution is -0.265. The van der Waals surface area contributed by atoms with Crippen molar-refractivity contribution in [1.29, 1.82) is 0 Å². The Morgan fingerprint density at radius 3 is 2.45 bits per heavy atom. The highest BCUT2D eigenvalue weighted by Crippen LogP contribution is 2.34. The Labute approximate surface area is 115 Å². The van der Waals surface area contributed by atoms with Crippen molar-refractivity contribution >= 4 is 12.0 Å². The lowest BCUT2D eigenvalue weighted by Gasteiger charge is -2.28. The summed E-state index contributed by atoms with van der Waals surface area (Å²) in [5.74, 6) is -1.48. The van der Waals surface area contributed by atoms with E-state index in [1.165, 1.54) is 6.08 Å². The van der Waals surface area contributed by atoms with E-state index in [0.717, 1.165) is 7.11 Å². The molecule has 0 aromatic heterocycles. The molecule has 0 N–H and O–H groups in total. The fraction of sp³-hybridized carbons (Fsp3) is 0.357. The zero-order chi connectivity index (χ0) is 15.4. The maximum Gasteiger partial charge on any atom is 0.428 e. The third-order valence-electron chi connectivity index (χ3n) is 2.97. The Morgan fingerprint density at radius 1 is 1.35 bits per heavy atom. The number of ether oxygens (including phenoxy) is 2. The van der Waals surface area contributed by atoms with Gasteiger partial charge in [0.2, 0.25) is 0 Å². The summed E-state index contributed by atoms with van der Waals surface area (Å²) in [6, 6.07) is 6.80. The molecule has 1 aromatic carbocycles. The van der Waals surface area contributed by atoms with Gasteiger partial charge in [-0.05, 0) is 18.1 Å². The van der Waals surface area contributed by atoms with Crippen molar-refractivity contribution in [3.8, 4) is 0 Å². The van der Waals surface area contributed by atoms with Crippen LogP contribution in [0.3, 0.4) is 0 Å². The zero-order valence-corrected chi connectivity index (χ0v) is 11.2. The minimum Gasteiger partial charge on any atom is -0.458 e. The van der Waals surface area contributed by atoms with Crippen LogP contribution in [0, 0.1) is 0 Å². The first-order valence-corrected chi connectivity index (χ1v) is 5.75. The Morgan fingerprint density at radius 2 is 1.95 bits per heavy atom. The molecular weight excluding hydrogens is 273 g/mol. The van der Waals surface area contributed by atoms with E-state index in [-0.39, 0.29) is 6.61 Å². The van der Waals surface area contributed by atoms with Gasteiger partial charge < -0.3 is 9.47 Å². The number of rotatable bonds is 5. The summed E-state index contributed by atoms with van der Waals surface area (Å²) in [4.78, 5) is 11.6. The van der Waals surface area contributed by atoms with Crippen molar-refractivity contribution in [1.82, 2.24) is 0 Å². The van der Waals surface area contributed by atoms with Crippen LogP contribution in [0.25, 0.3) is 6.08 Å². The zero-order valence-electron chi connectivity index (χ0n) is 11.2. The first kappa shape index (κ1) is 16.2. The number of esters is 1. The molecule has 1 aromatic rings. The molecule has 0 aliphatic carbocycles. The number of benzene rings is 1. The molecule has 110 valence electrons. The van der Waals surface area contributed by atoms with Gasteiger partial charge in [-0.1, -0.05) is 36.9 Å². The van der Waals surface area contributed by atoms with Crippen molar-refractivity contribution in [3.63, 3.8) is 0 Å². The van der Waals surface area contributed by atoms with Gasteiger partial charge in [-0.15, -0.1) is 0 Å². The normalized spacial score (nSPS) is 14.4. The van der Waals surface area contributed by atoms with Crippen LogP contribution in [0.4, 0.5) is 13.2 Å². The van der Waals surface area contributed by atoms with Gasteiger partial charge in [0.25, 0.3) is 5.60 Å². The van der Waals surface area contributed by atoms with Crippen LogP contribution in [0.15, 0.2) is 30.8 Å². The topological polar surface area (TPSA) is 35.5 Å². The maximum absolute atomic E-state index is 12.8. The minimum absolute atomic E-state index is 0.282. The smallest absolute Gasteiger partial charge is 0.428 e. The lowest BCUT2D eigenvalue weighted by atomic mass is 10.1. The standard InChI is InChI=1S/C14H15F3O3/c1-4-10-7-5-6-8-11(10)9-20-12(18)13(2,19-3)14(15,16)17/h4-8H,1,9H2,2-3H3. The van der Waals surface area contributed by atoms with Gasteiger partial charge in [-0.2, -0.15) is 13.2 Å². The molecule has 0 amide bonds. The first-order chi connectivity index (χ1) is 9.26. The number of carbonyl (C=O) groups excluding carboxylic acids is 1. The average molecular weight is 288 g/mol. The van der Waals surface area contributed by atoms with Crippen molar-refractivity contribution in [2.24, 2.45) is 0 Å². The van der Waals surface area contributed by atoms with E-state index in [2.05, 4.69) is 11.3 Å². The number of alkyl halides is 3. The highest BCUT2D eigenvalue weighted by molar-refractivity contribution is 5.80. The SMILES string of the molecule is C=Cc1ccccc1COC(=O)C(C)(OC)C(F)(F)F. The second-order valence-electron chi connectivity index (χ2n) is 4.21. The van der Waals surface area contributed by atoms with E-state index in [1.54, 1.807) is 24.3 Å². The van der Waals surface area contributed by atoms with E-state index in [0.29, 0.717) is 18.1 Å². The van der Waals surface area contributed by atoms with Crippen LogP contribution >= 0.6 is 0 Å². The van der Waals surface area contributed by atoms with Crippen molar-refractivity contribution in [2.45, 2.75) is 25.3 Å². The first-order valence-electron chi connectivity index (χ1n) is 5.75. The molecular formula is C14H15F3O3. The van der Waals surface area contributed by atoms with Gasteiger partial charge in [-0.25, -0.2) is 4.79 Å². The van der Waals surface area contributed by atoms with Gasteiger partial charge >= 0.3 is 12.1 Å². The highest BCUT2D eigenvalue weighted by Gasteiger charge is 2.59. The average Bonchev–Trinajstić information content (AvgIpc) is 2.42. The summed E-state index contributed by atoms with van der Waals surface area (Å²) in [5.41, 5.74) is -1.72. The van der Waals surface area contributed by atoms with Gasteiger partial charge in [0.1, 0.15) is 6.61 Å². The third kappa shape index (κ3) is 3.19. The number of halogens is 3. The van der Waals surface area contributed by atoms with Gasteiger partial charge in [-0.3, -0.25) is 0 Å². The minimum atomic E-state index is -4.85. The monoisotopic (exact) mass is 288 g/mol.